The van der Waals surface area contributed by atoms with E-state index in [2.05, 4.69) is 17.2 Å². The van der Waals surface area contributed by atoms with E-state index >= 15 is 0 Å². The van der Waals surface area contributed by atoms with Crippen LogP contribution < -0.4 is 10.9 Å². The minimum Gasteiger partial charge on any atom is -0.369 e. The van der Waals surface area contributed by atoms with E-state index in [1.165, 1.54) is 22.6 Å². The number of anilines is 1. The lowest BCUT2D eigenvalue weighted by Gasteiger charge is -2.29. The van der Waals surface area contributed by atoms with E-state index in [0.717, 1.165) is 51.5 Å². The molecule has 3 heterocycles. The third-order valence-corrected chi connectivity index (χ3v) is 7.21. The van der Waals surface area contributed by atoms with E-state index in [1.54, 1.807) is 23.2 Å². The Bertz CT molecular complexity index is 1070. The summed E-state index contributed by atoms with van der Waals surface area (Å²) in [5, 5.41) is 3.32. The second kappa shape index (κ2) is 9.96. The molecule has 31 heavy (non-hydrogen) atoms. The highest BCUT2D eigenvalue weighted by Crippen LogP contribution is 2.37. The molecule has 1 saturated heterocycles. The predicted molar refractivity (Wildman–Crippen MR) is 131 cm³/mol. The Labute approximate surface area is 192 Å². The molecule has 1 saturated carbocycles. The van der Waals surface area contributed by atoms with Crippen molar-refractivity contribution in [2.45, 2.75) is 64.3 Å². The van der Waals surface area contributed by atoms with Crippen LogP contribution in [-0.4, -0.2) is 37.1 Å². The van der Waals surface area contributed by atoms with Crippen molar-refractivity contribution in [3.63, 3.8) is 0 Å². The van der Waals surface area contributed by atoms with Crippen LogP contribution in [0.4, 0.5) is 5.82 Å². The van der Waals surface area contributed by atoms with Crippen LogP contribution in [0.3, 0.4) is 0 Å². The van der Waals surface area contributed by atoms with Crippen molar-refractivity contribution in [2.75, 3.05) is 11.9 Å². The third-order valence-electron chi connectivity index (χ3n) is 5.88. The molecule has 1 N–H and O–H groups in total. The number of unbranched alkanes of at least 4 members (excludes halogenated alkanes) is 2. The van der Waals surface area contributed by atoms with Crippen LogP contribution in [0.2, 0.25) is 0 Å². The number of pyridine rings is 1. The first-order chi connectivity index (χ1) is 15.1. The molecular weight excluding hydrogens is 428 g/mol. The fourth-order valence-electron chi connectivity index (χ4n) is 4.21. The highest BCUT2D eigenvalue weighted by atomic mass is 32.2. The Morgan fingerprint density at radius 3 is 2.81 bits per heavy atom. The minimum absolute atomic E-state index is 0.0867. The first-order valence-corrected chi connectivity index (χ1v) is 12.3. The SMILES string of the molecule is CCCCCNc1nc2ccccn2c(=O)c1/C=C1/SC(=S)N(C2CCCCC2)C1=O. The summed E-state index contributed by atoms with van der Waals surface area (Å²) >= 11 is 6.84. The van der Waals surface area contributed by atoms with Gasteiger partial charge in [-0.2, -0.15) is 0 Å². The molecule has 4 rings (SSSR count). The predicted octanol–water partition coefficient (Wildman–Crippen LogP) is 4.83. The Hall–Kier alpha value is -2.19. The smallest absolute Gasteiger partial charge is 0.267 e. The molecule has 1 aliphatic carbocycles. The number of nitrogens with one attached hydrogen (secondary N) is 1. The van der Waals surface area contributed by atoms with E-state index in [9.17, 15) is 9.59 Å². The third kappa shape index (κ3) is 4.70. The normalized spacial score (nSPS) is 19.0. The second-order valence-electron chi connectivity index (χ2n) is 8.09. The molecule has 2 fully saturated rings. The average Bonchev–Trinajstić information content (AvgIpc) is 3.07. The number of hydrogen-bond donors (Lipinski definition) is 1. The number of hydrogen-bond acceptors (Lipinski definition) is 6. The standard InChI is InChI=1S/C23H28N4O2S2/c1-2-3-8-13-24-20-17(21(28)26-14-9-7-12-19(26)25-20)15-18-22(29)27(23(30)31-18)16-10-5-4-6-11-16/h7,9,12,14-16,24H,2-6,8,10-11,13H2,1H3/b18-15+. The van der Waals surface area contributed by atoms with E-state index in [4.69, 9.17) is 12.2 Å². The fourth-order valence-corrected chi connectivity index (χ4v) is 5.60. The summed E-state index contributed by atoms with van der Waals surface area (Å²) in [6.07, 6.45) is 12.1. The molecule has 0 radical (unpaired) electrons. The van der Waals surface area contributed by atoms with Crippen molar-refractivity contribution >= 4 is 51.7 Å². The van der Waals surface area contributed by atoms with Crippen LogP contribution in [0.15, 0.2) is 34.1 Å². The van der Waals surface area contributed by atoms with Gasteiger partial charge in [0, 0.05) is 18.8 Å². The zero-order chi connectivity index (χ0) is 21.8. The number of carbonyl (C=O) groups is 1. The van der Waals surface area contributed by atoms with Gasteiger partial charge in [0.1, 0.15) is 15.8 Å². The lowest BCUT2D eigenvalue weighted by atomic mass is 9.94. The van der Waals surface area contributed by atoms with Crippen molar-refractivity contribution in [3.8, 4) is 0 Å². The zero-order valence-electron chi connectivity index (χ0n) is 17.8. The maximum atomic E-state index is 13.3. The Balaban J connectivity index is 1.69. The van der Waals surface area contributed by atoms with E-state index < -0.39 is 0 Å². The van der Waals surface area contributed by atoms with E-state index in [0.29, 0.717) is 26.3 Å². The molecule has 0 aromatic carbocycles. The number of nitrogens with zero attached hydrogens (tertiary/aromatic N) is 3. The summed E-state index contributed by atoms with van der Waals surface area (Å²) in [5.41, 5.74) is 0.799. The summed E-state index contributed by atoms with van der Waals surface area (Å²) in [6.45, 7) is 2.88. The van der Waals surface area contributed by atoms with Crippen molar-refractivity contribution in [2.24, 2.45) is 0 Å². The van der Waals surface area contributed by atoms with Crippen molar-refractivity contribution in [1.29, 1.82) is 0 Å². The van der Waals surface area contributed by atoms with Gasteiger partial charge in [-0.3, -0.25) is 18.9 Å². The molecule has 2 aromatic heterocycles. The molecule has 1 aliphatic heterocycles. The highest BCUT2D eigenvalue weighted by Gasteiger charge is 2.37. The number of thioether (sulfide) groups is 1. The van der Waals surface area contributed by atoms with Crippen LogP contribution in [-0.2, 0) is 4.79 Å². The van der Waals surface area contributed by atoms with Gasteiger partial charge in [0.25, 0.3) is 11.5 Å². The summed E-state index contributed by atoms with van der Waals surface area (Å²) in [6, 6.07) is 5.65. The Morgan fingerprint density at radius 2 is 2.03 bits per heavy atom. The van der Waals surface area contributed by atoms with Gasteiger partial charge in [-0.05, 0) is 37.5 Å². The average molecular weight is 457 g/mol. The van der Waals surface area contributed by atoms with Gasteiger partial charge in [-0.25, -0.2) is 4.98 Å². The van der Waals surface area contributed by atoms with Gasteiger partial charge in [-0.15, -0.1) is 0 Å². The van der Waals surface area contributed by atoms with Crippen LogP contribution in [0.1, 0.15) is 63.9 Å². The number of fused-ring (bicyclic) bond motifs is 1. The number of aromatic nitrogens is 2. The molecular formula is C23H28N4O2S2. The van der Waals surface area contributed by atoms with Crippen LogP contribution in [0.5, 0.6) is 0 Å². The van der Waals surface area contributed by atoms with Gasteiger partial charge in [0.05, 0.1) is 10.5 Å². The molecule has 1 amide bonds. The quantitative estimate of drug-likeness (QED) is 0.366. The monoisotopic (exact) mass is 456 g/mol. The van der Waals surface area contributed by atoms with Crippen LogP contribution in [0, 0.1) is 0 Å². The molecule has 2 aliphatic rings. The fraction of sp³-hybridized carbons (Fsp3) is 0.478. The number of rotatable bonds is 7. The van der Waals surface area contributed by atoms with Crippen molar-refractivity contribution in [3.05, 3.63) is 45.2 Å². The van der Waals surface area contributed by atoms with Gasteiger partial charge < -0.3 is 5.32 Å². The molecule has 164 valence electrons. The molecule has 0 spiro atoms. The van der Waals surface area contributed by atoms with Gasteiger partial charge in [0.2, 0.25) is 0 Å². The maximum absolute atomic E-state index is 13.3. The molecule has 0 atom stereocenters. The van der Waals surface area contributed by atoms with Crippen LogP contribution >= 0.6 is 24.0 Å². The largest absolute Gasteiger partial charge is 0.369 e. The summed E-state index contributed by atoms with van der Waals surface area (Å²) < 4.78 is 2.11. The number of thiocarbonyl (C=S) groups is 1. The second-order valence-corrected chi connectivity index (χ2v) is 9.76. The lowest BCUT2D eigenvalue weighted by Crippen LogP contribution is -2.39. The van der Waals surface area contributed by atoms with E-state index in [-0.39, 0.29) is 17.5 Å². The lowest BCUT2D eigenvalue weighted by molar-refractivity contribution is -0.124. The number of carbonyl (C=O) groups excluding carboxylic acids is 1. The topological polar surface area (TPSA) is 66.7 Å². The number of amides is 1. The Kier molecular flexibility index (Phi) is 7.07. The molecule has 0 bridgehead atoms. The molecule has 2 aromatic rings. The minimum atomic E-state index is -0.188. The summed E-state index contributed by atoms with van der Waals surface area (Å²) in [7, 11) is 0. The molecule has 8 heteroatoms. The van der Waals surface area contributed by atoms with Gasteiger partial charge in [0.15, 0.2) is 0 Å². The van der Waals surface area contributed by atoms with Crippen molar-refractivity contribution < 1.29 is 4.79 Å². The molecule has 6 nitrogen and oxygen atoms in total. The summed E-state index contributed by atoms with van der Waals surface area (Å²) in [4.78, 5) is 33.4. The van der Waals surface area contributed by atoms with Crippen molar-refractivity contribution in [1.82, 2.24) is 14.3 Å². The van der Waals surface area contributed by atoms with Crippen LogP contribution in [0.25, 0.3) is 11.7 Å². The maximum Gasteiger partial charge on any atom is 0.267 e. The zero-order valence-corrected chi connectivity index (χ0v) is 19.4. The first kappa shape index (κ1) is 22.0. The Morgan fingerprint density at radius 1 is 1.23 bits per heavy atom. The van der Waals surface area contributed by atoms with Gasteiger partial charge in [-0.1, -0.05) is 69.1 Å². The van der Waals surface area contributed by atoms with E-state index in [1.807, 2.05) is 12.1 Å². The first-order valence-electron chi connectivity index (χ1n) is 11.1. The van der Waals surface area contributed by atoms with Gasteiger partial charge >= 0.3 is 0 Å². The summed E-state index contributed by atoms with van der Waals surface area (Å²) in [5.74, 6) is 0.437. The molecule has 0 unspecified atom stereocenters. The highest BCUT2D eigenvalue weighted by molar-refractivity contribution is 8.26.